The number of amides is 1. The van der Waals surface area contributed by atoms with Gasteiger partial charge in [-0.1, -0.05) is 24.3 Å². The smallest absolute Gasteiger partial charge is 0.219 e. The van der Waals surface area contributed by atoms with Gasteiger partial charge in [0.1, 0.15) is 0 Å². The van der Waals surface area contributed by atoms with Crippen LogP contribution in [0.25, 0.3) is 0 Å². The highest BCUT2D eigenvalue weighted by Gasteiger charge is 2.43. The van der Waals surface area contributed by atoms with Gasteiger partial charge in [0.15, 0.2) is 0 Å². The maximum absolute atomic E-state index is 11.4. The molecule has 3 aliphatic carbocycles. The summed E-state index contributed by atoms with van der Waals surface area (Å²) in [6, 6.07) is 0.348. The molecule has 4 unspecified atom stereocenters. The van der Waals surface area contributed by atoms with Crippen LogP contribution >= 0.6 is 0 Å². The number of nitrogens with zero attached hydrogens (tertiary/aromatic N) is 1. The Labute approximate surface area is 84.3 Å². The second-order valence-corrected chi connectivity index (χ2v) is 4.67. The second kappa shape index (κ2) is 2.72. The molecule has 0 aromatic carbocycles. The van der Waals surface area contributed by atoms with Gasteiger partial charge in [-0.15, -0.1) is 0 Å². The SMILES string of the molecule is CC(=O)N1CC2CC3C=CC2C1C=C3. The predicted molar refractivity (Wildman–Crippen MR) is 54.5 cm³/mol. The number of allylic oxidation sites excluding steroid dienone is 2. The van der Waals surface area contributed by atoms with E-state index in [2.05, 4.69) is 24.3 Å². The summed E-state index contributed by atoms with van der Waals surface area (Å²) < 4.78 is 0. The molecule has 0 N–H and O–H groups in total. The highest BCUT2D eigenvalue weighted by Crippen LogP contribution is 2.42. The van der Waals surface area contributed by atoms with Gasteiger partial charge in [-0.2, -0.15) is 0 Å². The zero-order valence-electron chi connectivity index (χ0n) is 8.39. The number of carbonyl (C=O) groups is 1. The minimum absolute atomic E-state index is 0.223. The summed E-state index contributed by atoms with van der Waals surface area (Å²) >= 11 is 0. The monoisotopic (exact) mass is 189 g/mol. The molecule has 1 amide bonds. The standard InChI is InChI=1S/C12H15NO/c1-8(14)13-7-10-6-9-2-4-11(10)12(13)5-3-9/h2-5,9-12H,6-7H2,1H3. The average molecular weight is 189 g/mol. The highest BCUT2D eigenvalue weighted by atomic mass is 16.2. The first kappa shape index (κ1) is 8.27. The molecular weight excluding hydrogens is 174 g/mol. The summed E-state index contributed by atoms with van der Waals surface area (Å²) in [7, 11) is 0. The number of hydrogen-bond donors (Lipinski definition) is 0. The highest BCUT2D eigenvalue weighted by molar-refractivity contribution is 5.74. The van der Waals surface area contributed by atoms with Gasteiger partial charge in [-0.05, 0) is 18.3 Å². The number of rotatable bonds is 0. The Kier molecular flexibility index (Phi) is 1.61. The molecule has 1 aliphatic heterocycles. The molecule has 14 heavy (non-hydrogen) atoms. The quantitative estimate of drug-likeness (QED) is 0.530. The van der Waals surface area contributed by atoms with Crippen LogP contribution in [0.5, 0.6) is 0 Å². The van der Waals surface area contributed by atoms with E-state index in [4.69, 9.17) is 0 Å². The molecule has 1 heterocycles. The van der Waals surface area contributed by atoms with Gasteiger partial charge < -0.3 is 4.90 Å². The van der Waals surface area contributed by atoms with Gasteiger partial charge in [0.25, 0.3) is 0 Å². The van der Waals surface area contributed by atoms with Crippen LogP contribution in [-0.2, 0) is 4.79 Å². The summed E-state index contributed by atoms with van der Waals surface area (Å²) in [4.78, 5) is 13.5. The fourth-order valence-electron chi connectivity index (χ4n) is 3.15. The van der Waals surface area contributed by atoms with E-state index in [-0.39, 0.29) is 5.91 Å². The fourth-order valence-corrected chi connectivity index (χ4v) is 3.15. The summed E-state index contributed by atoms with van der Waals surface area (Å²) in [6.07, 6.45) is 10.4. The molecule has 74 valence electrons. The third-order valence-corrected chi connectivity index (χ3v) is 3.85. The van der Waals surface area contributed by atoms with Crippen LogP contribution in [0.1, 0.15) is 13.3 Å². The molecule has 0 aromatic rings. The fraction of sp³-hybridized carbons (Fsp3) is 0.583. The molecule has 4 aliphatic rings. The van der Waals surface area contributed by atoms with Crippen LogP contribution in [0, 0.1) is 17.8 Å². The van der Waals surface area contributed by atoms with Crippen LogP contribution in [0.3, 0.4) is 0 Å². The van der Waals surface area contributed by atoms with Crippen molar-refractivity contribution in [2.24, 2.45) is 17.8 Å². The molecule has 0 saturated carbocycles. The molecule has 1 fully saturated rings. The van der Waals surface area contributed by atoms with Gasteiger partial charge in [0.05, 0.1) is 6.04 Å². The molecule has 4 atom stereocenters. The van der Waals surface area contributed by atoms with E-state index in [1.807, 2.05) is 4.90 Å². The van der Waals surface area contributed by atoms with Crippen molar-refractivity contribution >= 4 is 5.91 Å². The molecule has 0 radical (unpaired) electrons. The van der Waals surface area contributed by atoms with Gasteiger partial charge in [-0.3, -0.25) is 4.79 Å². The van der Waals surface area contributed by atoms with E-state index in [0.717, 1.165) is 6.54 Å². The third-order valence-electron chi connectivity index (χ3n) is 3.85. The van der Waals surface area contributed by atoms with Crippen molar-refractivity contribution in [3.05, 3.63) is 24.3 Å². The topological polar surface area (TPSA) is 20.3 Å². The molecule has 1 saturated heterocycles. The minimum Gasteiger partial charge on any atom is -0.336 e. The van der Waals surface area contributed by atoms with Crippen molar-refractivity contribution in [3.8, 4) is 0 Å². The largest absolute Gasteiger partial charge is 0.336 e. The van der Waals surface area contributed by atoms with Crippen LogP contribution in [-0.4, -0.2) is 23.4 Å². The molecule has 4 bridgehead atoms. The van der Waals surface area contributed by atoms with Crippen LogP contribution in [0.4, 0.5) is 0 Å². The number of carbonyl (C=O) groups excluding carboxylic acids is 1. The Bertz CT molecular complexity index is 331. The first-order valence-corrected chi connectivity index (χ1v) is 5.39. The third kappa shape index (κ3) is 0.999. The van der Waals surface area contributed by atoms with E-state index >= 15 is 0 Å². The maximum atomic E-state index is 11.4. The van der Waals surface area contributed by atoms with Crippen molar-refractivity contribution in [2.45, 2.75) is 19.4 Å². The average Bonchev–Trinajstić information content (AvgIpc) is 2.28. The van der Waals surface area contributed by atoms with E-state index in [9.17, 15) is 4.79 Å². The first-order chi connectivity index (χ1) is 6.75. The zero-order chi connectivity index (χ0) is 9.71. The molecule has 2 heteroatoms. The molecule has 0 aromatic heterocycles. The van der Waals surface area contributed by atoms with Crippen LogP contribution in [0.15, 0.2) is 24.3 Å². The lowest BCUT2D eigenvalue weighted by Gasteiger charge is -2.22. The number of likely N-dealkylation sites (tertiary alicyclic amines) is 1. The molecule has 4 rings (SSSR count). The lowest BCUT2D eigenvalue weighted by Crippen LogP contribution is -2.34. The summed E-state index contributed by atoms with van der Waals surface area (Å²) in [5, 5.41) is 0. The Morgan fingerprint density at radius 2 is 2.07 bits per heavy atom. The van der Waals surface area contributed by atoms with Crippen LogP contribution in [0.2, 0.25) is 0 Å². The van der Waals surface area contributed by atoms with Gasteiger partial charge in [0, 0.05) is 19.4 Å². The lowest BCUT2D eigenvalue weighted by atomic mass is 9.81. The maximum Gasteiger partial charge on any atom is 0.219 e. The zero-order valence-corrected chi connectivity index (χ0v) is 8.39. The van der Waals surface area contributed by atoms with Gasteiger partial charge in [0.2, 0.25) is 5.91 Å². The Morgan fingerprint density at radius 3 is 2.86 bits per heavy atom. The lowest BCUT2D eigenvalue weighted by molar-refractivity contribution is -0.129. The van der Waals surface area contributed by atoms with E-state index in [1.165, 1.54) is 6.42 Å². The molecule has 0 spiro atoms. The van der Waals surface area contributed by atoms with Crippen molar-refractivity contribution in [3.63, 3.8) is 0 Å². The van der Waals surface area contributed by atoms with Crippen LogP contribution < -0.4 is 0 Å². The van der Waals surface area contributed by atoms with Crippen molar-refractivity contribution < 1.29 is 4.79 Å². The summed E-state index contributed by atoms with van der Waals surface area (Å²) in [5.74, 6) is 2.15. The number of hydrogen-bond acceptors (Lipinski definition) is 1. The Morgan fingerprint density at radius 1 is 1.29 bits per heavy atom. The Balaban J connectivity index is 2.00. The molecular formula is C12H15NO. The van der Waals surface area contributed by atoms with Crippen molar-refractivity contribution in [1.82, 2.24) is 4.90 Å². The van der Waals surface area contributed by atoms with E-state index < -0.39 is 0 Å². The Hall–Kier alpha value is -1.05. The van der Waals surface area contributed by atoms with E-state index in [0.29, 0.717) is 23.8 Å². The minimum atomic E-state index is 0.223. The van der Waals surface area contributed by atoms with E-state index in [1.54, 1.807) is 6.92 Å². The first-order valence-electron chi connectivity index (χ1n) is 5.39. The summed E-state index contributed by atoms with van der Waals surface area (Å²) in [6.45, 7) is 2.65. The summed E-state index contributed by atoms with van der Waals surface area (Å²) in [5.41, 5.74) is 0. The van der Waals surface area contributed by atoms with Gasteiger partial charge in [-0.25, -0.2) is 0 Å². The second-order valence-electron chi connectivity index (χ2n) is 4.67. The van der Waals surface area contributed by atoms with Crippen molar-refractivity contribution in [1.29, 1.82) is 0 Å². The predicted octanol–water partition coefficient (Wildman–Crippen LogP) is 1.60. The van der Waals surface area contributed by atoms with Gasteiger partial charge >= 0.3 is 0 Å². The normalized spacial score (nSPS) is 43.1. The van der Waals surface area contributed by atoms with Crippen molar-refractivity contribution in [2.75, 3.05) is 6.54 Å². The molecule has 2 nitrogen and oxygen atoms in total.